The highest BCUT2D eigenvalue weighted by atomic mass is 16.2. The van der Waals surface area contributed by atoms with Crippen LogP contribution in [0.4, 0.5) is 0 Å². The normalized spacial score (nSPS) is 9.67. The zero-order valence-corrected chi connectivity index (χ0v) is 7.39. The van der Waals surface area contributed by atoms with Gasteiger partial charge in [-0.15, -0.1) is 0 Å². The van der Waals surface area contributed by atoms with Crippen molar-refractivity contribution in [3.8, 4) is 0 Å². The fourth-order valence-corrected chi connectivity index (χ4v) is 0.612. The molecule has 0 spiro atoms. The Morgan fingerprint density at radius 3 is 2.17 bits per heavy atom. The number of amides is 2. The second-order valence-corrected chi connectivity index (χ2v) is 2.90. The van der Waals surface area contributed by atoms with Gasteiger partial charge in [-0.2, -0.15) is 0 Å². The lowest BCUT2D eigenvalue weighted by molar-refractivity contribution is -0.128. The molecule has 0 bridgehead atoms. The van der Waals surface area contributed by atoms with Crippen molar-refractivity contribution in [2.24, 2.45) is 11.7 Å². The lowest BCUT2D eigenvalue weighted by Gasteiger charge is -2.07. The smallest absolute Gasteiger partial charge is 0.252 e. The van der Waals surface area contributed by atoms with Crippen LogP contribution in [0.15, 0.2) is 0 Å². The Balaban J connectivity index is 3.51. The Bertz CT molecular complexity index is 168. The van der Waals surface area contributed by atoms with Crippen LogP contribution < -0.4 is 16.6 Å². The fourth-order valence-electron chi connectivity index (χ4n) is 0.612. The molecule has 0 radical (unpaired) electrons. The molecule has 0 unspecified atom stereocenters. The number of rotatable bonds is 3. The number of hydrazine groups is 1. The van der Waals surface area contributed by atoms with Gasteiger partial charge in [0.2, 0.25) is 5.91 Å². The van der Waals surface area contributed by atoms with Crippen LogP contribution in [0.25, 0.3) is 0 Å². The van der Waals surface area contributed by atoms with Crippen LogP contribution in [0, 0.1) is 5.92 Å². The van der Waals surface area contributed by atoms with Crippen LogP contribution in [0.5, 0.6) is 0 Å². The van der Waals surface area contributed by atoms with Crippen molar-refractivity contribution in [3.05, 3.63) is 0 Å². The summed E-state index contributed by atoms with van der Waals surface area (Å²) in [6.07, 6.45) is 0.394. The molecule has 0 aliphatic heterocycles. The van der Waals surface area contributed by atoms with E-state index in [-0.39, 0.29) is 18.4 Å². The summed E-state index contributed by atoms with van der Waals surface area (Å²) in [5, 5.41) is 0. The molecule has 0 saturated heterocycles. The summed E-state index contributed by atoms with van der Waals surface area (Å²) in [6, 6.07) is 0. The predicted molar refractivity (Wildman–Crippen MR) is 44.8 cm³/mol. The molecular formula is C7H15N3O2. The molecule has 0 atom stereocenters. The minimum Gasteiger partial charge on any atom is -0.322 e. The first-order valence-corrected chi connectivity index (χ1v) is 3.84. The number of nitrogens with one attached hydrogen (secondary N) is 2. The summed E-state index contributed by atoms with van der Waals surface area (Å²) in [7, 11) is 0. The largest absolute Gasteiger partial charge is 0.322 e. The number of nitrogens with two attached hydrogens (primary N) is 1. The molecule has 0 aliphatic rings. The molecule has 0 saturated carbocycles. The predicted octanol–water partition coefficient (Wildman–Crippen LogP) is -0.861. The van der Waals surface area contributed by atoms with E-state index in [4.69, 9.17) is 5.73 Å². The number of carbonyl (C=O) groups is 2. The molecule has 0 fully saturated rings. The van der Waals surface area contributed by atoms with Crippen LogP contribution in [0.3, 0.4) is 0 Å². The molecule has 0 rings (SSSR count). The summed E-state index contributed by atoms with van der Waals surface area (Å²) < 4.78 is 0. The third kappa shape index (κ3) is 5.67. The van der Waals surface area contributed by atoms with E-state index in [1.165, 1.54) is 0 Å². The zero-order valence-electron chi connectivity index (χ0n) is 7.39. The maximum atomic E-state index is 10.9. The van der Waals surface area contributed by atoms with Gasteiger partial charge in [0, 0.05) is 6.42 Å². The zero-order chi connectivity index (χ0) is 9.56. The molecule has 0 aromatic rings. The van der Waals surface area contributed by atoms with E-state index >= 15 is 0 Å². The third-order valence-corrected chi connectivity index (χ3v) is 1.12. The van der Waals surface area contributed by atoms with Gasteiger partial charge in [0.05, 0.1) is 6.54 Å². The van der Waals surface area contributed by atoms with Gasteiger partial charge in [-0.3, -0.25) is 20.4 Å². The van der Waals surface area contributed by atoms with Crippen LogP contribution in [0.2, 0.25) is 0 Å². The molecule has 2 amide bonds. The van der Waals surface area contributed by atoms with Crippen molar-refractivity contribution in [1.82, 2.24) is 10.9 Å². The highest BCUT2D eigenvalue weighted by Crippen LogP contribution is 1.96. The van der Waals surface area contributed by atoms with Crippen LogP contribution in [-0.4, -0.2) is 18.4 Å². The van der Waals surface area contributed by atoms with E-state index in [2.05, 4.69) is 10.9 Å². The first kappa shape index (κ1) is 10.9. The summed E-state index contributed by atoms with van der Waals surface area (Å²) in [6.45, 7) is 3.72. The van der Waals surface area contributed by atoms with E-state index in [0.717, 1.165) is 0 Å². The standard InChI is InChI=1S/C7H15N3O2/c1-5(2)3-6(11)9-10-7(12)4-8/h5H,3-4,8H2,1-2H3,(H,9,11)(H,10,12). The van der Waals surface area contributed by atoms with Crippen molar-refractivity contribution in [1.29, 1.82) is 0 Å². The molecular weight excluding hydrogens is 158 g/mol. The van der Waals surface area contributed by atoms with Crippen molar-refractivity contribution in [2.45, 2.75) is 20.3 Å². The monoisotopic (exact) mass is 173 g/mol. The minimum atomic E-state index is -0.396. The first-order valence-electron chi connectivity index (χ1n) is 3.84. The van der Waals surface area contributed by atoms with Gasteiger partial charge in [0.15, 0.2) is 0 Å². The summed E-state index contributed by atoms with van der Waals surface area (Å²) in [5.41, 5.74) is 9.42. The quantitative estimate of drug-likeness (QED) is 0.485. The molecule has 0 aromatic carbocycles. The van der Waals surface area contributed by atoms with E-state index in [1.807, 2.05) is 13.8 Å². The minimum absolute atomic E-state index is 0.123. The van der Waals surface area contributed by atoms with Gasteiger partial charge in [-0.1, -0.05) is 13.8 Å². The van der Waals surface area contributed by atoms with Crippen LogP contribution >= 0.6 is 0 Å². The second kappa shape index (κ2) is 5.54. The molecule has 5 heteroatoms. The third-order valence-electron chi connectivity index (χ3n) is 1.12. The van der Waals surface area contributed by atoms with Gasteiger partial charge >= 0.3 is 0 Å². The van der Waals surface area contributed by atoms with Crippen molar-refractivity contribution in [2.75, 3.05) is 6.54 Å². The topological polar surface area (TPSA) is 84.2 Å². The maximum Gasteiger partial charge on any atom is 0.252 e. The van der Waals surface area contributed by atoms with Crippen LogP contribution in [-0.2, 0) is 9.59 Å². The van der Waals surface area contributed by atoms with Crippen molar-refractivity contribution in [3.63, 3.8) is 0 Å². The molecule has 0 aliphatic carbocycles. The summed E-state index contributed by atoms with van der Waals surface area (Å²) in [4.78, 5) is 21.5. The lowest BCUT2D eigenvalue weighted by atomic mass is 10.1. The Kier molecular flexibility index (Phi) is 5.03. The second-order valence-electron chi connectivity index (χ2n) is 2.90. The molecule has 0 heterocycles. The lowest BCUT2D eigenvalue weighted by Crippen LogP contribution is -2.44. The molecule has 12 heavy (non-hydrogen) atoms. The average Bonchev–Trinajstić information content (AvgIpc) is 1.99. The maximum absolute atomic E-state index is 10.9. The molecule has 5 nitrogen and oxygen atoms in total. The Labute approximate surface area is 71.7 Å². The first-order chi connectivity index (χ1) is 5.56. The van der Waals surface area contributed by atoms with E-state index in [9.17, 15) is 9.59 Å². The van der Waals surface area contributed by atoms with Gasteiger partial charge in [-0.05, 0) is 5.92 Å². The van der Waals surface area contributed by atoms with Crippen molar-refractivity contribution < 1.29 is 9.59 Å². The highest BCUT2D eigenvalue weighted by molar-refractivity contribution is 5.82. The number of hydrogen-bond donors (Lipinski definition) is 3. The molecule has 0 aromatic heterocycles. The van der Waals surface area contributed by atoms with Gasteiger partial charge in [0.1, 0.15) is 0 Å². The van der Waals surface area contributed by atoms with Gasteiger partial charge in [0.25, 0.3) is 5.91 Å². The van der Waals surface area contributed by atoms with E-state index in [1.54, 1.807) is 0 Å². The highest BCUT2D eigenvalue weighted by Gasteiger charge is 2.04. The van der Waals surface area contributed by atoms with E-state index < -0.39 is 5.91 Å². The molecule has 70 valence electrons. The summed E-state index contributed by atoms with van der Waals surface area (Å²) in [5.74, 6) is -0.321. The fraction of sp³-hybridized carbons (Fsp3) is 0.714. The van der Waals surface area contributed by atoms with Crippen molar-refractivity contribution >= 4 is 11.8 Å². The summed E-state index contributed by atoms with van der Waals surface area (Å²) >= 11 is 0. The SMILES string of the molecule is CC(C)CC(=O)NNC(=O)CN. The van der Waals surface area contributed by atoms with Gasteiger partial charge < -0.3 is 5.73 Å². The van der Waals surface area contributed by atoms with E-state index in [0.29, 0.717) is 6.42 Å². The molecule has 4 N–H and O–H groups in total. The Morgan fingerprint density at radius 1 is 1.25 bits per heavy atom. The van der Waals surface area contributed by atoms with Gasteiger partial charge in [-0.25, -0.2) is 0 Å². The number of hydrogen-bond acceptors (Lipinski definition) is 3. The number of carbonyl (C=O) groups excluding carboxylic acids is 2. The van der Waals surface area contributed by atoms with Crippen LogP contribution in [0.1, 0.15) is 20.3 Å². The Hall–Kier alpha value is -1.10. The average molecular weight is 173 g/mol. The Morgan fingerprint density at radius 2 is 1.75 bits per heavy atom.